The van der Waals surface area contributed by atoms with Crippen LogP contribution in [0, 0.1) is 11.6 Å². The molecule has 0 fully saturated rings. The average Bonchev–Trinajstić information content (AvgIpc) is 2.38. The molecule has 0 saturated carbocycles. The predicted octanol–water partition coefficient (Wildman–Crippen LogP) is 1.58. The Hall–Kier alpha value is -1.98. The van der Waals surface area contributed by atoms with Gasteiger partial charge < -0.3 is 10.1 Å². The normalized spacial score (nSPS) is 10.1. The average molecular weight is 271 g/mol. The van der Waals surface area contributed by atoms with Gasteiger partial charge in [-0.25, -0.2) is 8.78 Å². The van der Waals surface area contributed by atoms with Crippen LogP contribution in [-0.2, 0) is 20.7 Å². The van der Waals surface area contributed by atoms with Crippen molar-refractivity contribution < 1.29 is 23.1 Å². The van der Waals surface area contributed by atoms with E-state index in [4.69, 9.17) is 0 Å². The van der Waals surface area contributed by atoms with Gasteiger partial charge in [0, 0.05) is 19.0 Å². The van der Waals surface area contributed by atoms with Crippen LogP contribution in [0.25, 0.3) is 0 Å². The highest BCUT2D eigenvalue weighted by molar-refractivity contribution is 5.81. The Morgan fingerprint density at radius 2 is 2.00 bits per heavy atom. The molecule has 6 heteroatoms. The summed E-state index contributed by atoms with van der Waals surface area (Å²) in [4.78, 5) is 22.1. The van der Waals surface area contributed by atoms with Crippen LogP contribution in [0.1, 0.15) is 18.4 Å². The van der Waals surface area contributed by atoms with E-state index in [-0.39, 0.29) is 31.7 Å². The van der Waals surface area contributed by atoms with E-state index in [2.05, 4.69) is 10.1 Å². The third kappa shape index (κ3) is 5.46. The summed E-state index contributed by atoms with van der Waals surface area (Å²) in [6, 6.07) is 3.30. The first-order valence-corrected chi connectivity index (χ1v) is 5.80. The molecule has 1 rings (SSSR count). The van der Waals surface area contributed by atoms with Crippen LogP contribution in [0.3, 0.4) is 0 Å². The third-order valence-corrected chi connectivity index (χ3v) is 2.52. The van der Waals surface area contributed by atoms with Gasteiger partial charge in [0.2, 0.25) is 5.91 Å². The van der Waals surface area contributed by atoms with Crippen LogP contribution in [0.2, 0.25) is 0 Å². The molecule has 19 heavy (non-hydrogen) atoms. The van der Waals surface area contributed by atoms with Gasteiger partial charge >= 0.3 is 5.97 Å². The Labute approximate surface area is 109 Å². The minimum absolute atomic E-state index is 0.00719. The van der Waals surface area contributed by atoms with E-state index in [9.17, 15) is 18.4 Å². The first kappa shape index (κ1) is 15.1. The lowest BCUT2D eigenvalue weighted by molar-refractivity contribution is -0.142. The van der Waals surface area contributed by atoms with Crippen molar-refractivity contribution in [2.45, 2.75) is 19.3 Å². The highest BCUT2D eigenvalue weighted by Crippen LogP contribution is 2.09. The summed E-state index contributed by atoms with van der Waals surface area (Å²) < 4.78 is 30.3. The van der Waals surface area contributed by atoms with Crippen molar-refractivity contribution in [3.63, 3.8) is 0 Å². The van der Waals surface area contributed by atoms with Crippen LogP contribution >= 0.6 is 0 Å². The first-order valence-electron chi connectivity index (χ1n) is 5.80. The second-order valence-electron chi connectivity index (χ2n) is 3.91. The fourth-order valence-corrected chi connectivity index (χ4v) is 1.47. The molecule has 0 aliphatic rings. The van der Waals surface area contributed by atoms with Crippen molar-refractivity contribution in [2.24, 2.45) is 0 Å². The molecular weight excluding hydrogens is 256 g/mol. The van der Waals surface area contributed by atoms with E-state index < -0.39 is 17.6 Å². The van der Waals surface area contributed by atoms with Gasteiger partial charge in [0.05, 0.1) is 13.5 Å². The zero-order chi connectivity index (χ0) is 14.3. The molecule has 0 heterocycles. The lowest BCUT2D eigenvalue weighted by atomic mass is 10.1. The Morgan fingerprint density at radius 1 is 1.26 bits per heavy atom. The van der Waals surface area contributed by atoms with Gasteiger partial charge in [0.1, 0.15) is 11.6 Å². The van der Waals surface area contributed by atoms with Gasteiger partial charge in [-0.05, 0) is 18.1 Å². The number of halogens is 2. The summed E-state index contributed by atoms with van der Waals surface area (Å²) in [7, 11) is 1.25. The SMILES string of the molecule is COC(=O)CCC(=O)NCCc1ccc(F)cc1F. The summed E-state index contributed by atoms with van der Waals surface area (Å²) in [5.41, 5.74) is 0.328. The molecule has 1 aromatic carbocycles. The number of carbonyl (C=O) groups excluding carboxylic acids is 2. The predicted molar refractivity (Wildman–Crippen MR) is 64.3 cm³/mol. The minimum atomic E-state index is -0.636. The molecular formula is C13H15F2NO3. The van der Waals surface area contributed by atoms with Gasteiger partial charge in [-0.1, -0.05) is 6.07 Å². The topological polar surface area (TPSA) is 55.4 Å². The summed E-state index contributed by atoms with van der Waals surface area (Å²) in [5, 5.41) is 2.55. The van der Waals surface area contributed by atoms with Crippen molar-refractivity contribution in [1.29, 1.82) is 0 Å². The second-order valence-corrected chi connectivity index (χ2v) is 3.91. The zero-order valence-electron chi connectivity index (χ0n) is 10.5. The van der Waals surface area contributed by atoms with Crippen molar-refractivity contribution in [3.05, 3.63) is 35.4 Å². The third-order valence-electron chi connectivity index (χ3n) is 2.52. The molecule has 1 amide bonds. The van der Waals surface area contributed by atoms with E-state index in [0.29, 0.717) is 5.56 Å². The maximum atomic E-state index is 13.3. The number of methoxy groups -OCH3 is 1. The zero-order valence-corrected chi connectivity index (χ0v) is 10.5. The molecule has 0 unspecified atom stereocenters. The molecule has 0 aliphatic heterocycles. The molecule has 1 N–H and O–H groups in total. The Bertz CT molecular complexity index is 463. The minimum Gasteiger partial charge on any atom is -0.469 e. The molecule has 0 bridgehead atoms. The summed E-state index contributed by atoms with van der Waals surface area (Å²) in [6.45, 7) is 0.225. The standard InChI is InChI=1S/C13H15F2NO3/c1-19-13(18)5-4-12(17)16-7-6-9-2-3-10(14)8-11(9)15/h2-3,8H,4-7H2,1H3,(H,16,17). The number of rotatable bonds is 6. The fraction of sp³-hybridized carbons (Fsp3) is 0.385. The van der Waals surface area contributed by atoms with E-state index in [1.54, 1.807) is 0 Å². The molecule has 0 saturated heterocycles. The number of ether oxygens (including phenoxy) is 1. The summed E-state index contributed by atoms with van der Waals surface area (Å²) >= 11 is 0. The van der Waals surface area contributed by atoms with Crippen LogP contribution in [0.15, 0.2) is 18.2 Å². The quantitative estimate of drug-likeness (QED) is 0.799. The van der Waals surface area contributed by atoms with Crippen molar-refractivity contribution in [3.8, 4) is 0 Å². The van der Waals surface area contributed by atoms with Gasteiger partial charge in [-0.3, -0.25) is 9.59 Å². The number of carbonyl (C=O) groups is 2. The maximum Gasteiger partial charge on any atom is 0.306 e. The number of amides is 1. The smallest absolute Gasteiger partial charge is 0.306 e. The van der Waals surface area contributed by atoms with Gasteiger partial charge in [0.25, 0.3) is 0 Å². The second kappa shape index (κ2) is 7.45. The van der Waals surface area contributed by atoms with Crippen molar-refractivity contribution in [2.75, 3.05) is 13.7 Å². The summed E-state index contributed by atoms with van der Waals surface area (Å²) in [6.07, 6.45) is 0.294. The number of hydrogen-bond acceptors (Lipinski definition) is 3. The van der Waals surface area contributed by atoms with Gasteiger partial charge in [-0.15, -0.1) is 0 Å². The lowest BCUT2D eigenvalue weighted by Gasteiger charge is -2.06. The van der Waals surface area contributed by atoms with E-state index >= 15 is 0 Å². The Balaban J connectivity index is 2.30. The molecule has 0 atom stereocenters. The monoisotopic (exact) mass is 271 g/mol. The van der Waals surface area contributed by atoms with Gasteiger partial charge in [-0.2, -0.15) is 0 Å². The maximum absolute atomic E-state index is 13.3. The van der Waals surface area contributed by atoms with Crippen LogP contribution in [0.5, 0.6) is 0 Å². The number of benzene rings is 1. The molecule has 4 nitrogen and oxygen atoms in total. The van der Waals surface area contributed by atoms with E-state index in [0.717, 1.165) is 12.1 Å². The molecule has 0 aromatic heterocycles. The molecule has 0 radical (unpaired) electrons. The molecule has 0 aliphatic carbocycles. The number of hydrogen-bond donors (Lipinski definition) is 1. The molecule has 0 spiro atoms. The van der Waals surface area contributed by atoms with E-state index in [1.165, 1.54) is 13.2 Å². The number of nitrogens with one attached hydrogen (secondary N) is 1. The van der Waals surface area contributed by atoms with Gasteiger partial charge in [0.15, 0.2) is 0 Å². The van der Waals surface area contributed by atoms with Crippen molar-refractivity contribution >= 4 is 11.9 Å². The van der Waals surface area contributed by atoms with Crippen LogP contribution in [0.4, 0.5) is 8.78 Å². The first-order chi connectivity index (χ1) is 9.02. The molecule has 104 valence electrons. The van der Waals surface area contributed by atoms with E-state index in [1.807, 2.05) is 0 Å². The summed E-state index contributed by atoms with van der Waals surface area (Å²) in [5.74, 6) is -2.04. The highest BCUT2D eigenvalue weighted by atomic mass is 19.1. The Kier molecular flexibility index (Phi) is 5.92. The lowest BCUT2D eigenvalue weighted by Crippen LogP contribution is -2.26. The molecule has 1 aromatic rings. The van der Waals surface area contributed by atoms with Crippen molar-refractivity contribution in [1.82, 2.24) is 5.32 Å². The van der Waals surface area contributed by atoms with Crippen LogP contribution in [-0.4, -0.2) is 25.5 Å². The fourth-order valence-electron chi connectivity index (χ4n) is 1.47. The highest BCUT2D eigenvalue weighted by Gasteiger charge is 2.07. The Morgan fingerprint density at radius 3 is 2.63 bits per heavy atom. The number of esters is 1. The van der Waals surface area contributed by atoms with Crippen LogP contribution < -0.4 is 5.32 Å². The largest absolute Gasteiger partial charge is 0.469 e.